The van der Waals surface area contributed by atoms with Gasteiger partial charge in [0.1, 0.15) is 0 Å². The van der Waals surface area contributed by atoms with Crippen LogP contribution in [-0.4, -0.2) is 5.71 Å². The normalized spacial score (nSPS) is 9.29. The van der Waals surface area contributed by atoms with Gasteiger partial charge in [-0.25, -0.2) is 0 Å². The van der Waals surface area contributed by atoms with Crippen LogP contribution in [0.5, 0.6) is 0 Å². The highest BCUT2D eigenvalue weighted by Crippen LogP contribution is 2.02. The van der Waals surface area contributed by atoms with Crippen LogP contribution < -0.4 is 0 Å². The van der Waals surface area contributed by atoms with Gasteiger partial charge in [0.15, 0.2) is 0 Å². The summed E-state index contributed by atoms with van der Waals surface area (Å²) in [7, 11) is 0. The average Bonchev–Trinajstić information content (AvgIpc) is 2.11. The molecule has 14 heavy (non-hydrogen) atoms. The van der Waals surface area contributed by atoms with E-state index in [2.05, 4.69) is 38.1 Å². The first-order valence-electron chi connectivity index (χ1n) is 5.02. The molecule has 0 saturated heterocycles. The zero-order valence-electron chi connectivity index (χ0n) is 9.89. The lowest BCUT2D eigenvalue weighted by Crippen LogP contribution is -1.97. The Morgan fingerprint density at radius 1 is 1.07 bits per heavy atom. The third-order valence-corrected chi connectivity index (χ3v) is 2.29. The number of rotatable bonds is 1. The minimum absolute atomic E-state index is 0.435. The molecule has 0 aromatic heterocycles. The largest absolute Gasteiger partial charge is 0.310 e. The van der Waals surface area contributed by atoms with Gasteiger partial charge < -0.3 is 5.41 Å². The second-order valence-corrected chi connectivity index (χ2v) is 3.92. The van der Waals surface area contributed by atoms with Crippen molar-refractivity contribution in [1.82, 2.24) is 0 Å². The smallest absolute Gasteiger partial charge is 0.00836 e. The van der Waals surface area contributed by atoms with E-state index in [0.29, 0.717) is 5.92 Å². The van der Waals surface area contributed by atoms with Crippen molar-refractivity contribution < 1.29 is 0 Å². The molecule has 0 atom stereocenters. The summed E-state index contributed by atoms with van der Waals surface area (Å²) in [6.45, 7) is 10.1. The molecule has 0 unspecified atom stereocenters. The Morgan fingerprint density at radius 2 is 1.36 bits per heavy atom. The summed E-state index contributed by atoms with van der Waals surface area (Å²) < 4.78 is 0. The van der Waals surface area contributed by atoms with Crippen molar-refractivity contribution in [3.8, 4) is 0 Å². The molecule has 0 spiro atoms. The van der Waals surface area contributed by atoms with E-state index >= 15 is 0 Å². The molecule has 1 rings (SSSR count). The maximum absolute atomic E-state index is 6.95. The highest BCUT2D eigenvalue weighted by molar-refractivity contribution is 5.80. The molecule has 0 fully saturated rings. The molecule has 0 radical (unpaired) electrons. The van der Waals surface area contributed by atoms with Gasteiger partial charge >= 0.3 is 0 Å². The van der Waals surface area contributed by atoms with Gasteiger partial charge in [0, 0.05) is 5.71 Å². The van der Waals surface area contributed by atoms with Crippen LogP contribution in [0.2, 0.25) is 0 Å². The SMILES string of the molecule is CC(=N)C(C)C.Cc1ccccc1C. The predicted molar refractivity (Wildman–Crippen MR) is 64.2 cm³/mol. The maximum Gasteiger partial charge on any atom is 0.00836 e. The van der Waals surface area contributed by atoms with Crippen molar-refractivity contribution in [2.24, 2.45) is 5.92 Å². The van der Waals surface area contributed by atoms with Gasteiger partial charge in [0.05, 0.1) is 0 Å². The molecule has 0 aliphatic carbocycles. The molecule has 78 valence electrons. The van der Waals surface area contributed by atoms with Gasteiger partial charge in [-0.15, -0.1) is 0 Å². The Hall–Kier alpha value is -1.11. The Kier molecular flexibility index (Phi) is 5.86. The lowest BCUT2D eigenvalue weighted by atomic mass is 10.1. The van der Waals surface area contributed by atoms with Gasteiger partial charge in [-0.2, -0.15) is 0 Å². The second kappa shape index (κ2) is 6.36. The quantitative estimate of drug-likeness (QED) is 0.649. The van der Waals surface area contributed by atoms with Crippen LogP contribution >= 0.6 is 0 Å². The van der Waals surface area contributed by atoms with Crippen LogP contribution in [0.3, 0.4) is 0 Å². The van der Waals surface area contributed by atoms with E-state index in [0.717, 1.165) is 5.71 Å². The van der Waals surface area contributed by atoms with E-state index in [-0.39, 0.29) is 0 Å². The summed E-state index contributed by atoms with van der Waals surface area (Å²) >= 11 is 0. The fourth-order valence-electron chi connectivity index (χ4n) is 0.663. The molecular weight excluding hydrogens is 170 g/mol. The summed E-state index contributed by atoms with van der Waals surface area (Å²) in [5.41, 5.74) is 3.50. The minimum atomic E-state index is 0.435. The van der Waals surface area contributed by atoms with Crippen LogP contribution in [0.25, 0.3) is 0 Å². The molecular formula is C13H21N. The molecule has 0 aliphatic heterocycles. The fourth-order valence-corrected chi connectivity index (χ4v) is 0.663. The van der Waals surface area contributed by atoms with Gasteiger partial charge in [0.2, 0.25) is 0 Å². The first-order chi connectivity index (χ1) is 6.45. The highest BCUT2D eigenvalue weighted by Gasteiger charge is 1.90. The van der Waals surface area contributed by atoms with Crippen molar-refractivity contribution in [2.75, 3.05) is 0 Å². The maximum atomic E-state index is 6.95. The third kappa shape index (κ3) is 5.52. The van der Waals surface area contributed by atoms with Gasteiger partial charge in [-0.1, -0.05) is 38.1 Å². The molecule has 0 aliphatic rings. The van der Waals surface area contributed by atoms with Crippen molar-refractivity contribution in [1.29, 1.82) is 5.41 Å². The molecule has 1 heteroatoms. The Morgan fingerprint density at radius 3 is 1.50 bits per heavy atom. The monoisotopic (exact) mass is 191 g/mol. The van der Waals surface area contributed by atoms with Gasteiger partial charge in [0.25, 0.3) is 0 Å². The minimum Gasteiger partial charge on any atom is -0.310 e. The first kappa shape index (κ1) is 12.9. The molecule has 1 N–H and O–H groups in total. The molecule has 1 nitrogen and oxygen atoms in total. The Bertz CT molecular complexity index is 266. The predicted octanol–water partition coefficient (Wildman–Crippen LogP) is 3.99. The topological polar surface area (TPSA) is 23.9 Å². The summed E-state index contributed by atoms with van der Waals surface area (Å²) in [4.78, 5) is 0. The molecule has 0 amide bonds. The fraction of sp³-hybridized carbons (Fsp3) is 0.462. The van der Waals surface area contributed by atoms with Crippen molar-refractivity contribution in [2.45, 2.75) is 34.6 Å². The average molecular weight is 191 g/mol. The zero-order chi connectivity index (χ0) is 11.1. The number of benzene rings is 1. The number of aryl methyl sites for hydroxylation is 2. The zero-order valence-corrected chi connectivity index (χ0v) is 9.89. The van der Waals surface area contributed by atoms with Crippen LogP contribution in [0.1, 0.15) is 31.9 Å². The van der Waals surface area contributed by atoms with Crippen LogP contribution in [0, 0.1) is 25.2 Å². The lowest BCUT2D eigenvalue weighted by Gasteiger charge is -1.95. The first-order valence-corrected chi connectivity index (χ1v) is 5.02. The van der Waals surface area contributed by atoms with Crippen molar-refractivity contribution in [3.63, 3.8) is 0 Å². The summed E-state index contributed by atoms with van der Waals surface area (Å²) in [6, 6.07) is 8.36. The van der Waals surface area contributed by atoms with E-state index in [1.807, 2.05) is 20.8 Å². The molecule has 1 aromatic carbocycles. The standard InChI is InChI=1S/C8H10.C5H11N/c1-7-5-3-4-6-8(7)2;1-4(2)5(3)6/h3-6H,1-2H3;4,6H,1-3H3. The second-order valence-electron chi connectivity index (χ2n) is 3.92. The van der Waals surface area contributed by atoms with Crippen LogP contribution in [-0.2, 0) is 0 Å². The van der Waals surface area contributed by atoms with Crippen LogP contribution in [0.4, 0.5) is 0 Å². The van der Waals surface area contributed by atoms with Crippen LogP contribution in [0.15, 0.2) is 24.3 Å². The van der Waals surface area contributed by atoms with Crippen molar-refractivity contribution in [3.05, 3.63) is 35.4 Å². The number of hydrogen-bond acceptors (Lipinski definition) is 1. The summed E-state index contributed by atoms with van der Waals surface area (Å²) in [5, 5.41) is 6.95. The lowest BCUT2D eigenvalue weighted by molar-refractivity contribution is 0.871. The molecule has 0 bridgehead atoms. The Labute approximate surface area is 87.7 Å². The number of hydrogen-bond donors (Lipinski definition) is 1. The molecule has 1 aromatic rings. The molecule has 0 saturated carbocycles. The number of nitrogens with one attached hydrogen (secondary N) is 1. The van der Waals surface area contributed by atoms with E-state index in [1.165, 1.54) is 11.1 Å². The van der Waals surface area contributed by atoms with E-state index in [1.54, 1.807) is 0 Å². The highest BCUT2D eigenvalue weighted by atomic mass is 14.4. The van der Waals surface area contributed by atoms with Gasteiger partial charge in [-0.3, -0.25) is 0 Å². The summed E-state index contributed by atoms with van der Waals surface area (Å²) in [5.74, 6) is 0.435. The Balaban J connectivity index is 0.000000255. The summed E-state index contributed by atoms with van der Waals surface area (Å²) in [6.07, 6.45) is 0. The van der Waals surface area contributed by atoms with Gasteiger partial charge in [-0.05, 0) is 37.8 Å². The molecule has 0 heterocycles. The van der Waals surface area contributed by atoms with E-state index in [9.17, 15) is 0 Å². The van der Waals surface area contributed by atoms with E-state index < -0.39 is 0 Å². The third-order valence-electron chi connectivity index (χ3n) is 2.29. The van der Waals surface area contributed by atoms with E-state index in [4.69, 9.17) is 5.41 Å². The van der Waals surface area contributed by atoms with Crippen molar-refractivity contribution >= 4 is 5.71 Å².